The molecule has 0 aliphatic rings. The summed E-state index contributed by atoms with van der Waals surface area (Å²) in [6, 6.07) is 10.4. The Hall–Kier alpha value is -0.430. The van der Waals surface area contributed by atoms with Crippen molar-refractivity contribution in [3.8, 4) is 0 Å². The van der Waals surface area contributed by atoms with Crippen LogP contribution in [0.2, 0.25) is 0 Å². The van der Waals surface area contributed by atoms with Crippen LogP contribution in [0.1, 0.15) is 0 Å². The second-order valence-electron chi connectivity index (χ2n) is 2.63. The Morgan fingerprint density at radius 1 is 1.15 bits per heavy atom. The molecule has 1 aromatic carbocycles. The molecule has 0 radical (unpaired) electrons. The van der Waals surface area contributed by atoms with Gasteiger partial charge in [-0.05, 0) is 11.5 Å². The molecule has 1 atom stereocenters. The highest BCUT2D eigenvalue weighted by Crippen LogP contribution is 2.08. The molecule has 0 aliphatic carbocycles. The first-order chi connectivity index (χ1) is 6.43. The predicted octanol–water partition coefficient (Wildman–Crippen LogP) is 0.999. The van der Waals surface area contributed by atoms with Gasteiger partial charge in [0.25, 0.3) is 0 Å². The standard InChI is InChI=1S/C10H15O2P/c11-6-7-12-8-9-13-10-4-2-1-3-5-10/h1-5,11,13H,6-9H2. The third kappa shape index (κ3) is 4.99. The number of aliphatic hydroxyl groups excluding tert-OH is 1. The van der Waals surface area contributed by atoms with E-state index in [1.165, 1.54) is 5.30 Å². The quantitative estimate of drug-likeness (QED) is 0.546. The van der Waals surface area contributed by atoms with Gasteiger partial charge in [-0.25, -0.2) is 0 Å². The number of aliphatic hydroxyl groups is 1. The summed E-state index contributed by atoms with van der Waals surface area (Å²) in [7, 11) is 0.809. The lowest BCUT2D eigenvalue weighted by Gasteiger charge is -2.02. The van der Waals surface area contributed by atoms with Gasteiger partial charge in [0, 0.05) is 0 Å². The molecular formula is C10H15O2P. The van der Waals surface area contributed by atoms with Crippen molar-refractivity contribution in [3.05, 3.63) is 30.3 Å². The van der Waals surface area contributed by atoms with Crippen LogP contribution >= 0.6 is 8.58 Å². The Kier molecular flexibility index (Phi) is 5.75. The van der Waals surface area contributed by atoms with Gasteiger partial charge >= 0.3 is 0 Å². The van der Waals surface area contributed by atoms with Crippen LogP contribution in [-0.2, 0) is 4.74 Å². The van der Waals surface area contributed by atoms with Crippen LogP contribution < -0.4 is 5.30 Å². The van der Waals surface area contributed by atoms with Crippen LogP contribution in [0.4, 0.5) is 0 Å². The second-order valence-corrected chi connectivity index (χ2v) is 4.06. The van der Waals surface area contributed by atoms with E-state index in [4.69, 9.17) is 9.84 Å². The van der Waals surface area contributed by atoms with Crippen LogP contribution in [0.3, 0.4) is 0 Å². The lowest BCUT2D eigenvalue weighted by Crippen LogP contribution is -2.04. The lowest BCUT2D eigenvalue weighted by molar-refractivity contribution is 0.103. The number of rotatable bonds is 6. The Morgan fingerprint density at radius 2 is 1.92 bits per heavy atom. The average Bonchev–Trinajstić information content (AvgIpc) is 2.19. The maximum Gasteiger partial charge on any atom is 0.0697 e. The van der Waals surface area contributed by atoms with Crippen molar-refractivity contribution in [2.24, 2.45) is 0 Å². The second kappa shape index (κ2) is 7.02. The average molecular weight is 198 g/mol. The molecule has 0 spiro atoms. The van der Waals surface area contributed by atoms with E-state index in [0.717, 1.165) is 21.3 Å². The molecule has 1 N–H and O–H groups in total. The highest BCUT2D eigenvalue weighted by molar-refractivity contribution is 7.47. The molecule has 0 saturated heterocycles. The summed E-state index contributed by atoms with van der Waals surface area (Å²) >= 11 is 0. The topological polar surface area (TPSA) is 29.5 Å². The van der Waals surface area contributed by atoms with E-state index in [9.17, 15) is 0 Å². The molecule has 1 unspecified atom stereocenters. The van der Waals surface area contributed by atoms with E-state index in [2.05, 4.69) is 24.3 Å². The molecule has 72 valence electrons. The summed E-state index contributed by atoms with van der Waals surface area (Å²) in [4.78, 5) is 0. The van der Waals surface area contributed by atoms with Crippen LogP contribution in [0.5, 0.6) is 0 Å². The van der Waals surface area contributed by atoms with Gasteiger partial charge in [-0.15, -0.1) is 0 Å². The summed E-state index contributed by atoms with van der Waals surface area (Å²) in [6.45, 7) is 1.32. The van der Waals surface area contributed by atoms with E-state index < -0.39 is 0 Å². The minimum atomic E-state index is 0.119. The summed E-state index contributed by atoms with van der Waals surface area (Å²) in [5.41, 5.74) is 0. The highest BCUT2D eigenvalue weighted by atomic mass is 31.1. The number of hydrogen-bond donors (Lipinski definition) is 1. The van der Waals surface area contributed by atoms with Crippen molar-refractivity contribution in [2.45, 2.75) is 0 Å². The first kappa shape index (κ1) is 10.6. The minimum absolute atomic E-state index is 0.119. The van der Waals surface area contributed by atoms with E-state index in [0.29, 0.717) is 6.61 Å². The van der Waals surface area contributed by atoms with Crippen LogP contribution in [-0.4, -0.2) is 31.1 Å². The third-order valence-electron chi connectivity index (χ3n) is 1.58. The molecule has 1 rings (SSSR count). The SMILES string of the molecule is OCCOCCPc1ccccc1. The fourth-order valence-electron chi connectivity index (χ4n) is 0.990. The van der Waals surface area contributed by atoms with Crippen LogP contribution in [0, 0.1) is 0 Å². The normalized spacial score (nSPS) is 11.2. The molecule has 0 bridgehead atoms. The van der Waals surface area contributed by atoms with Crippen molar-refractivity contribution in [3.63, 3.8) is 0 Å². The molecule has 13 heavy (non-hydrogen) atoms. The zero-order valence-corrected chi connectivity index (χ0v) is 8.57. The molecule has 0 saturated carbocycles. The van der Waals surface area contributed by atoms with Gasteiger partial charge < -0.3 is 9.84 Å². The van der Waals surface area contributed by atoms with Crippen LogP contribution in [0.25, 0.3) is 0 Å². The van der Waals surface area contributed by atoms with E-state index in [1.54, 1.807) is 0 Å². The van der Waals surface area contributed by atoms with E-state index >= 15 is 0 Å². The third-order valence-corrected chi connectivity index (χ3v) is 2.78. The van der Waals surface area contributed by atoms with Gasteiger partial charge in [-0.3, -0.25) is 0 Å². The van der Waals surface area contributed by atoms with Gasteiger partial charge in [-0.1, -0.05) is 38.9 Å². The first-order valence-electron chi connectivity index (χ1n) is 4.41. The Bertz CT molecular complexity index is 213. The van der Waals surface area contributed by atoms with Crippen molar-refractivity contribution in [1.29, 1.82) is 0 Å². The first-order valence-corrected chi connectivity index (χ1v) is 5.61. The summed E-state index contributed by atoms with van der Waals surface area (Å²) < 4.78 is 5.16. The molecule has 0 aliphatic heterocycles. The Balaban J connectivity index is 2.07. The number of benzene rings is 1. The smallest absolute Gasteiger partial charge is 0.0697 e. The zero-order chi connectivity index (χ0) is 9.36. The highest BCUT2D eigenvalue weighted by Gasteiger charge is 1.91. The number of ether oxygens (including phenoxy) is 1. The van der Waals surface area contributed by atoms with Crippen molar-refractivity contribution in [1.82, 2.24) is 0 Å². The van der Waals surface area contributed by atoms with E-state index in [1.807, 2.05) is 6.07 Å². The number of hydrogen-bond acceptors (Lipinski definition) is 2. The fraction of sp³-hybridized carbons (Fsp3) is 0.400. The Morgan fingerprint density at radius 3 is 2.62 bits per heavy atom. The molecule has 3 heteroatoms. The van der Waals surface area contributed by atoms with Gasteiger partial charge in [0.2, 0.25) is 0 Å². The summed E-state index contributed by atoms with van der Waals surface area (Å²) in [5, 5.41) is 9.83. The minimum Gasteiger partial charge on any atom is -0.394 e. The monoisotopic (exact) mass is 198 g/mol. The molecule has 0 aromatic heterocycles. The van der Waals surface area contributed by atoms with Crippen LogP contribution in [0.15, 0.2) is 30.3 Å². The van der Waals surface area contributed by atoms with Crippen molar-refractivity contribution >= 4 is 13.9 Å². The summed E-state index contributed by atoms with van der Waals surface area (Å²) in [6.07, 6.45) is 1.05. The van der Waals surface area contributed by atoms with Gasteiger partial charge in [-0.2, -0.15) is 0 Å². The predicted molar refractivity (Wildman–Crippen MR) is 57.2 cm³/mol. The van der Waals surface area contributed by atoms with Crippen molar-refractivity contribution in [2.75, 3.05) is 26.0 Å². The Labute approximate surface area is 80.7 Å². The zero-order valence-electron chi connectivity index (χ0n) is 7.57. The molecular weight excluding hydrogens is 183 g/mol. The summed E-state index contributed by atoms with van der Waals surface area (Å²) in [5.74, 6) is 0. The lowest BCUT2D eigenvalue weighted by atomic mass is 10.4. The van der Waals surface area contributed by atoms with Gasteiger partial charge in [0.05, 0.1) is 19.8 Å². The largest absolute Gasteiger partial charge is 0.394 e. The van der Waals surface area contributed by atoms with Gasteiger partial charge in [0.15, 0.2) is 0 Å². The molecule has 2 nitrogen and oxygen atoms in total. The maximum absolute atomic E-state index is 8.46. The fourth-order valence-corrected chi connectivity index (χ4v) is 1.95. The van der Waals surface area contributed by atoms with Crippen molar-refractivity contribution < 1.29 is 9.84 Å². The molecule has 1 aromatic rings. The molecule has 0 heterocycles. The molecule has 0 fully saturated rings. The van der Waals surface area contributed by atoms with Gasteiger partial charge in [0.1, 0.15) is 0 Å². The van der Waals surface area contributed by atoms with E-state index in [-0.39, 0.29) is 6.61 Å². The maximum atomic E-state index is 8.46. The molecule has 0 amide bonds.